The van der Waals surface area contributed by atoms with E-state index in [0.717, 1.165) is 16.5 Å². The molecule has 110 valence electrons. The van der Waals surface area contributed by atoms with E-state index >= 15 is 0 Å². The van der Waals surface area contributed by atoms with Gasteiger partial charge in [-0.1, -0.05) is 58.4 Å². The molecule has 2 rings (SSSR count). The monoisotopic (exact) mass is 346 g/mol. The van der Waals surface area contributed by atoms with Gasteiger partial charge in [-0.25, -0.2) is 0 Å². The summed E-state index contributed by atoms with van der Waals surface area (Å²) in [6, 6.07) is 17.4. The molecule has 0 spiro atoms. The highest BCUT2D eigenvalue weighted by molar-refractivity contribution is 9.10. The number of amides is 1. The topological polar surface area (TPSA) is 55.1 Å². The zero-order chi connectivity index (χ0) is 15.1. The third kappa shape index (κ3) is 5.33. The highest BCUT2D eigenvalue weighted by Gasteiger charge is 2.12. The molecule has 1 atom stereocenters. The Morgan fingerprint density at radius 3 is 2.38 bits per heavy atom. The van der Waals surface area contributed by atoms with Crippen LogP contribution in [-0.4, -0.2) is 11.9 Å². The maximum absolute atomic E-state index is 12.0. The fourth-order valence-electron chi connectivity index (χ4n) is 2.02. The van der Waals surface area contributed by atoms with Crippen LogP contribution in [0.5, 0.6) is 0 Å². The van der Waals surface area contributed by atoms with E-state index in [2.05, 4.69) is 21.2 Å². The standard InChI is InChI=1S/C17H19BrN2O/c18-15-9-6-14(7-10-15)12-20-17(21)16(19)11-8-13-4-2-1-3-5-13/h1-7,9-10,16H,8,11-12,19H2,(H,20,21)/t16-/m0/s1. The smallest absolute Gasteiger partial charge is 0.237 e. The second-order valence-electron chi connectivity index (χ2n) is 4.98. The van der Waals surface area contributed by atoms with Crippen molar-refractivity contribution in [3.63, 3.8) is 0 Å². The highest BCUT2D eigenvalue weighted by Crippen LogP contribution is 2.10. The Morgan fingerprint density at radius 2 is 1.71 bits per heavy atom. The van der Waals surface area contributed by atoms with Crippen molar-refractivity contribution in [3.05, 3.63) is 70.2 Å². The normalized spacial score (nSPS) is 11.9. The summed E-state index contributed by atoms with van der Waals surface area (Å²) in [5.74, 6) is -0.103. The number of carbonyl (C=O) groups excluding carboxylic acids is 1. The predicted octanol–water partition coefficient (Wildman–Crippen LogP) is 3.03. The Bertz CT molecular complexity index is 569. The summed E-state index contributed by atoms with van der Waals surface area (Å²) in [7, 11) is 0. The molecule has 0 heterocycles. The molecule has 3 nitrogen and oxygen atoms in total. The van der Waals surface area contributed by atoms with E-state index < -0.39 is 6.04 Å². The van der Waals surface area contributed by atoms with E-state index in [9.17, 15) is 4.79 Å². The molecule has 0 aliphatic heterocycles. The Balaban J connectivity index is 1.76. The van der Waals surface area contributed by atoms with Crippen molar-refractivity contribution in [3.8, 4) is 0 Å². The maximum atomic E-state index is 12.0. The molecule has 0 aromatic heterocycles. The summed E-state index contributed by atoms with van der Waals surface area (Å²) in [5, 5.41) is 2.88. The van der Waals surface area contributed by atoms with Gasteiger partial charge in [0, 0.05) is 11.0 Å². The number of rotatable bonds is 6. The maximum Gasteiger partial charge on any atom is 0.237 e. The SMILES string of the molecule is N[C@@H](CCc1ccccc1)C(=O)NCc1ccc(Br)cc1. The second kappa shape index (κ2) is 7.96. The van der Waals surface area contributed by atoms with Gasteiger partial charge in [0.25, 0.3) is 0 Å². The largest absolute Gasteiger partial charge is 0.351 e. The van der Waals surface area contributed by atoms with Crippen molar-refractivity contribution in [2.45, 2.75) is 25.4 Å². The van der Waals surface area contributed by atoms with Crippen LogP contribution in [0.15, 0.2) is 59.1 Å². The Morgan fingerprint density at radius 1 is 1.05 bits per heavy atom. The fourth-order valence-corrected chi connectivity index (χ4v) is 2.28. The van der Waals surface area contributed by atoms with Crippen LogP contribution in [-0.2, 0) is 17.8 Å². The van der Waals surface area contributed by atoms with Gasteiger partial charge < -0.3 is 11.1 Å². The van der Waals surface area contributed by atoms with Crippen LogP contribution in [0.4, 0.5) is 0 Å². The van der Waals surface area contributed by atoms with E-state index in [-0.39, 0.29) is 5.91 Å². The van der Waals surface area contributed by atoms with Crippen molar-refractivity contribution in [1.82, 2.24) is 5.32 Å². The lowest BCUT2D eigenvalue weighted by molar-refractivity contribution is -0.122. The van der Waals surface area contributed by atoms with Crippen LogP contribution < -0.4 is 11.1 Å². The fraction of sp³-hybridized carbons (Fsp3) is 0.235. The molecule has 2 aromatic rings. The Hall–Kier alpha value is -1.65. The van der Waals surface area contributed by atoms with Gasteiger partial charge in [0.05, 0.1) is 6.04 Å². The molecular formula is C17H19BrN2O. The third-order valence-electron chi connectivity index (χ3n) is 3.30. The summed E-state index contributed by atoms with van der Waals surface area (Å²) in [4.78, 5) is 12.0. The van der Waals surface area contributed by atoms with Gasteiger partial charge in [0.1, 0.15) is 0 Å². The van der Waals surface area contributed by atoms with E-state index in [1.807, 2.05) is 54.6 Å². The minimum atomic E-state index is -0.472. The molecule has 0 saturated heterocycles. The molecule has 4 heteroatoms. The van der Waals surface area contributed by atoms with Gasteiger partial charge in [-0.3, -0.25) is 4.79 Å². The van der Waals surface area contributed by atoms with Crippen molar-refractivity contribution in [1.29, 1.82) is 0 Å². The van der Waals surface area contributed by atoms with Crippen LogP contribution in [0, 0.1) is 0 Å². The van der Waals surface area contributed by atoms with Crippen molar-refractivity contribution < 1.29 is 4.79 Å². The highest BCUT2D eigenvalue weighted by atomic mass is 79.9. The molecule has 1 amide bonds. The molecule has 0 fully saturated rings. The predicted molar refractivity (Wildman–Crippen MR) is 88.7 cm³/mol. The molecule has 0 unspecified atom stereocenters. The van der Waals surface area contributed by atoms with Gasteiger partial charge >= 0.3 is 0 Å². The number of halogens is 1. The third-order valence-corrected chi connectivity index (χ3v) is 3.83. The van der Waals surface area contributed by atoms with Crippen LogP contribution >= 0.6 is 15.9 Å². The van der Waals surface area contributed by atoms with E-state index in [0.29, 0.717) is 13.0 Å². The Kier molecular flexibility index (Phi) is 5.96. The molecule has 0 aliphatic carbocycles. The molecule has 0 saturated carbocycles. The molecule has 0 bridgehead atoms. The van der Waals surface area contributed by atoms with Crippen LogP contribution in [0.3, 0.4) is 0 Å². The van der Waals surface area contributed by atoms with E-state index in [1.54, 1.807) is 0 Å². The van der Waals surface area contributed by atoms with Crippen molar-refractivity contribution in [2.24, 2.45) is 5.73 Å². The number of aryl methyl sites for hydroxylation is 1. The molecule has 21 heavy (non-hydrogen) atoms. The number of carbonyl (C=O) groups is 1. The quantitative estimate of drug-likeness (QED) is 0.844. The average Bonchev–Trinajstić information content (AvgIpc) is 2.52. The van der Waals surface area contributed by atoms with E-state index in [4.69, 9.17) is 5.73 Å². The lowest BCUT2D eigenvalue weighted by atomic mass is 10.1. The molecule has 0 aliphatic rings. The van der Waals surface area contributed by atoms with Gasteiger partial charge in [-0.05, 0) is 36.1 Å². The van der Waals surface area contributed by atoms with E-state index in [1.165, 1.54) is 5.56 Å². The summed E-state index contributed by atoms with van der Waals surface area (Å²) in [5.41, 5.74) is 8.19. The van der Waals surface area contributed by atoms with Gasteiger partial charge in [-0.2, -0.15) is 0 Å². The van der Waals surface area contributed by atoms with Gasteiger partial charge in [0.2, 0.25) is 5.91 Å². The Labute approximate surface area is 133 Å². The molecular weight excluding hydrogens is 328 g/mol. The van der Waals surface area contributed by atoms with Crippen LogP contribution in [0.2, 0.25) is 0 Å². The first-order valence-corrected chi connectivity index (χ1v) is 7.76. The summed E-state index contributed by atoms with van der Waals surface area (Å²) < 4.78 is 1.03. The van der Waals surface area contributed by atoms with Crippen molar-refractivity contribution >= 4 is 21.8 Å². The lowest BCUT2D eigenvalue weighted by Gasteiger charge is -2.12. The summed E-state index contributed by atoms with van der Waals surface area (Å²) >= 11 is 3.38. The lowest BCUT2D eigenvalue weighted by Crippen LogP contribution is -2.40. The minimum absolute atomic E-state index is 0.103. The zero-order valence-corrected chi connectivity index (χ0v) is 13.3. The first-order chi connectivity index (χ1) is 10.1. The molecule has 2 aromatic carbocycles. The average molecular weight is 347 g/mol. The van der Waals surface area contributed by atoms with Gasteiger partial charge in [0.15, 0.2) is 0 Å². The number of hydrogen-bond acceptors (Lipinski definition) is 2. The number of hydrogen-bond donors (Lipinski definition) is 2. The van der Waals surface area contributed by atoms with Crippen molar-refractivity contribution in [2.75, 3.05) is 0 Å². The van der Waals surface area contributed by atoms with Gasteiger partial charge in [-0.15, -0.1) is 0 Å². The second-order valence-corrected chi connectivity index (χ2v) is 5.89. The number of nitrogens with one attached hydrogen (secondary N) is 1. The molecule has 0 radical (unpaired) electrons. The number of benzene rings is 2. The number of nitrogens with two attached hydrogens (primary N) is 1. The zero-order valence-electron chi connectivity index (χ0n) is 11.8. The first kappa shape index (κ1) is 15.7. The first-order valence-electron chi connectivity index (χ1n) is 6.97. The molecule has 3 N–H and O–H groups in total. The minimum Gasteiger partial charge on any atom is -0.351 e. The summed E-state index contributed by atoms with van der Waals surface area (Å²) in [6.07, 6.45) is 1.46. The summed E-state index contributed by atoms with van der Waals surface area (Å²) in [6.45, 7) is 0.505. The van der Waals surface area contributed by atoms with Crippen LogP contribution in [0.25, 0.3) is 0 Å². The van der Waals surface area contributed by atoms with Crippen LogP contribution in [0.1, 0.15) is 17.5 Å².